The van der Waals surface area contributed by atoms with E-state index in [1.807, 2.05) is 17.9 Å². The van der Waals surface area contributed by atoms with Gasteiger partial charge in [0.15, 0.2) is 0 Å². The van der Waals surface area contributed by atoms with Gasteiger partial charge in [0.25, 0.3) is 0 Å². The summed E-state index contributed by atoms with van der Waals surface area (Å²) in [7, 11) is 2.00. The second kappa shape index (κ2) is 5.36. The molecule has 0 saturated heterocycles. The van der Waals surface area contributed by atoms with Crippen molar-refractivity contribution in [3.05, 3.63) is 52.8 Å². The van der Waals surface area contributed by atoms with Crippen LogP contribution in [0.4, 0.5) is 0 Å². The van der Waals surface area contributed by atoms with Gasteiger partial charge in [0.05, 0.1) is 12.2 Å². The summed E-state index contributed by atoms with van der Waals surface area (Å²) in [5.41, 5.74) is 5.21. The fraction of sp³-hybridized carbons (Fsp3) is 0.400. The lowest BCUT2D eigenvalue weighted by molar-refractivity contribution is 0.652. The van der Waals surface area contributed by atoms with Gasteiger partial charge in [0.1, 0.15) is 0 Å². The van der Waals surface area contributed by atoms with Crippen molar-refractivity contribution in [1.82, 2.24) is 15.1 Å². The maximum absolute atomic E-state index is 4.37. The number of hydrogen-bond donors (Lipinski definition) is 1. The first kappa shape index (κ1) is 12.8. The molecule has 0 aliphatic carbocycles. The molecule has 3 nitrogen and oxygen atoms in total. The molecule has 18 heavy (non-hydrogen) atoms. The predicted molar refractivity (Wildman–Crippen MR) is 74.7 cm³/mol. The molecule has 1 heterocycles. The first-order chi connectivity index (χ1) is 8.67. The summed E-state index contributed by atoms with van der Waals surface area (Å²) < 4.78 is 1.97. The fourth-order valence-corrected chi connectivity index (χ4v) is 2.46. The van der Waals surface area contributed by atoms with Crippen LogP contribution >= 0.6 is 0 Å². The first-order valence-corrected chi connectivity index (χ1v) is 6.43. The van der Waals surface area contributed by atoms with Gasteiger partial charge in [-0.1, -0.05) is 18.2 Å². The van der Waals surface area contributed by atoms with E-state index < -0.39 is 0 Å². The van der Waals surface area contributed by atoms with Gasteiger partial charge >= 0.3 is 0 Å². The van der Waals surface area contributed by atoms with Crippen LogP contribution in [0, 0.1) is 13.8 Å². The van der Waals surface area contributed by atoms with Crippen LogP contribution in [0.1, 0.15) is 35.2 Å². The van der Waals surface area contributed by atoms with E-state index in [2.05, 4.69) is 55.6 Å². The van der Waals surface area contributed by atoms with Gasteiger partial charge in [-0.3, -0.25) is 4.68 Å². The number of nitrogens with zero attached hydrogens (tertiary/aromatic N) is 2. The molecule has 0 radical (unpaired) electrons. The highest BCUT2D eigenvalue weighted by atomic mass is 15.3. The molecule has 0 fully saturated rings. The normalized spacial score (nSPS) is 12.7. The number of rotatable bonds is 4. The molecule has 1 aromatic heterocycles. The van der Waals surface area contributed by atoms with Crippen LogP contribution in [0.5, 0.6) is 0 Å². The SMILES string of the molecule is CCn1cc(C(NC)c2c(C)cccc2C)cn1. The third-order valence-corrected chi connectivity index (χ3v) is 3.43. The van der Waals surface area contributed by atoms with Crippen LogP contribution in [0.3, 0.4) is 0 Å². The van der Waals surface area contributed by atoms with E-state index >= 15 is 0 Å². The molecule has 2 aromatic rings. The Morgan fingerprint density at radius 2 is 1.94 bits per heavy atom. The molecular formula is C15H21N3. The van der Waals surface area contributed by atoms with Crippen molar-refractivity contribution in [2.45, 2.75) is 33.4 Å². The Hall–Kier alpha value is -1.61. The fourth-order valence-electron chi connectivity index (χ4n) is 2.46. The van der Waals surface area contributed by atoms with Crippen molar-refractivity contribution in [1.29, 1.82) is 0 Å². The van der Waals surface area contributed by atoms with E-state index in [1.54, 1.807) is 0 Å². The van der Waals surface area contributed by atoms with Gasteiger partial charge in [0, 0.05) is 18.3 Å². The molecule has 3 heteroatoms. The zero-order valence-electron chi connectivity index (χ0n) is 11.6. The summed E-state index contributed by atoms with van der Waals surface area (Å²) in [5, 5.41) is 7.77. The molecule has 0 spiro atoms. The van der Waals surface area contributed by atoms with Crippen molar-refractivity contribution in [2.75, 3.05) is 7.05 Å². The Morgan fingerprint density at radius 1 is 1.28 bits per heavy atom. The van der Waals surface area contributed by atoms with E-state index in [0.29, 0.717) is 0 Å². The third kappa shape index (κ3) is 2.31. The molecule has 0 aliphatic rings. The van der Waals surface area contributed by atoms with E-state index in [9.17, 15) is 0 Å². The second-order valence-electron chi connectivity index (χ2n) is 4.66. The van der Waals surface area contributed by atoms with Crippen molar-refractivity contribution in [2.24, 2.45) is 0 Å². The minimum absolute atomic E-state index is 0.214. The summed E-state index contributed by atoms with van der Waals surface area (Å²) in [6, 6.07) is 6.65. The van der Waals surface area contributed by atoms with Gasteiger partial charge in [-0.25, -0.2) is 0 Å². The molecule has 0 saturated carbocycles. The zero-order chi connectivity index (χ0) is 13.1. The van der Waals surface area contributed by atoms with Crippen LogP contribution in [0.25, 0.3) is 0 Å². The van der Waals surface area contributed by atoms with Crippen molar-refractivity contribution < 1.29 is 0 Å². The minimum Gasteiger partial charge on any atom is -0.309 e. The average Bonchev–Trinajstić information content (AvgIpc) is 2.82. The van der Waals surface area contributed by atoms with Gasteiger partial charge in [-0.05, 0) is 44.5 Å². The number of aryl methyl sites for hydroxylation is 3. The highest BCUT2D eigenvalue weighted by molar-refractivity contribution is 5.40. The molecule has 1 aromatic carbocycles. The monoisotopic (exact) mass is 243 g/mol. The average molecular weight is 243 g/mol. The molecule has 2 rings (SSSR count). The number of aromatic nitrogens is 2. The smallest absolute Gasteiger partial charge is 0.0610 e. The van der Waals surface area contributed by atoms with Gasteiger partial charge in [-0.2, -0.15) is 5.10 Å². The van der Waals surface area contributed by atoms with Crippen LogP contribution in [-0.2, 0) is 6.54 Å². The third-order valence-electron chi connectivity index (χ3n) is 3.43. The second-order valence-corrected chi connectivity index (χ2v) is 4.66. The zero-order valence-corrected chi connectivity index (χ0v) is 11.6. The van der Waals surface area contributed by atoms with E-state index in [0.717, 1.165) is 6.54 Å². The Morgan fingerprint density at radius 3 is 2.44 bits per heavy atom. The predicted octanol–water partition coefficient (Wildman–Crippen LogP) is 2.83. The standard InChI is InChI=1S/C15H21N3/c1-5-18-10-13(9-17-18)15(16-4)14-11(2)7-6-8-12(14)3/h6-10,15-16H,5H2,1-4H3. The molecule has 1 atom stereocenters. The molecule has 0 bridgehead atoms. The summed E-state index contributed by atoms with van der Waals surface area (Å²) in [4.78, 5) is 0. The van der Waals surface area contributed by atoms with E-state index in [1.165, 1.54) is 22.3 Å². The molecule has 96 valence electrons. The lowest BCUT2D eigenvalue weighted by atomic mass is 9.93. The molecule has 0 amide bonds. The Bertz CT molecular complexity index is 508. The minimum atomic E-state index is 0.214. The summed E-state index contributed by atoms with van der Waals surface area (Å²) >= 11 is 0. The number of nitrogens with one attached hydrogen (secondary N) is 1. The maximum atomic E-state index is 4.37. The lowest BCUT2D eigenvalue weighted by Crippen LogP contribution is -2.19. The summed E-state index contributed by atoms with van der Waals surface area (Å²) in [5.74, 6) is 0. The Labute approximate surface area is 109 Å². The van der Waals surface area contributed by atoms with Gasteiger partial charge in [-0.15, -0.1) is 0 Å². The van der Waals surface area contributed by atoms with Crippen molar-refractivity contribution in [3.63, 3.8) is 0 Å². The quantitative estimate of drug-likeness (QED) is 0.895. The first-order valence-electron chi connectivity index (χ1n) is 6.43. The molecule has 1 unspecified atom stereocenters. The van der Waals surface area contributed by atoms with Gasteiger partial charge < -0.3 is 5.32 Å². The van der Waals surface area contributed by atoms with Crippen LogP contribution < -0.4 is 5.32 Å². The summed E-state index contributed by atoms with van der Waals surface area (Å²) in [6.07, 6.45) is 4.07. The highest BCUT2D eigenvalue weighted by Gasteiger charge is 2.17. The maximum Gasteiger partial charge on any atom is 0.0610 e. The molecule has 1 N–H and O–H groups in total. The Kier molecular flexibility index (Phi) is 3.82. The van der Waals surface area contributed by atoms with Crippen LogP contribution in [-0.4, -0.2) is 16.8 Å². The molecule has 0 aliphatic heterocycles. The van der Waals surface area contributed by atoms with Crippen molar-refractivity contribution in [3.8, 4) is 0 Å². The lowest BCUT2D eigenvalue weighted by Gasteiger charge is -2.20. The highest BCUT2D eigenvalue weighted by Crippen LogP contribution is 2.27. The van der Waals surface area contributed by atoms with Crippen LogP contribution in [0.2, 0.25) is 0 Å². The van der Waals surface area contributed by atoms with E-state index in [4.69, 9.17) is 0 Å². The number of benzene rings is 1. The molecular weight excluding hydrogens is 222 g/mol. The summed E-state index contributed by atoms with van der Waals surface area (Å²) in [6.45, 7) is 7.33. The number of hydrogen-bond acceptors (Lipinski definition) is 2. The van der Waals surface area contributed by atoms with Crippen LogP contribution in [0.15, 0.2) is 30.6 Å². The van der Waals surface area contributed by atoms with E-state index in [-0.39, 0.29) is 6.04 Å². The Balaban J connectivity index is 2.45. The largest absolute Gasteiger partial charge is 0.309 e. The van der Waals surface area contributed by atoms with Crippen molar-refractivity contribution >= 4 is 0 Å². The van der Waals surface area contributed by atoms with Gasteiger partial charge in [0.2, 0.25) is 0 Å². The topological polar surface area (TPSA) is 29.9 Å².